The van der Waals surface area contributed by atoms with Crippen molar-refractivity contribution >= 4 is 5.91 Å². The lowest BCUT2D eigenvalue weighted by molar-refractivity contribution is -0.133. The topological polar surface area (TPSA) is 49.6 Å². The number of likely N-dealkylation sites (tertiary alicyclic amines) is 2. The summed E-state index contributed by atoms with van der Waals surface area (Å²) in [7, 11) is 0. The Morgan fingerprint density at radius 3 is 2.55 bits per heavy atom. The van der Waals surface area contributed by atoms with Crippen molar-refractivity contribution in [3.05, 3.63) is 0 Å². The molecule has 4 nitrogen and oxygen atoms in total. The number of hydrogen-bond donors (Lipinski definition) is 1. The second-order valence-electron chi connectivity index (χ2n) is 6.76. The van der Waals surface area contributed by atoms with E-state index >= 15 is 0 Å². The van der Waals surface area contributed by atoms with Crippen LogP contribution in [-0.4, -0.2) is 54.0 Å². The van der Waals surface area contributed by atoms with Gasteiger partial charge in [0, 0.05) is 44.7 Å². The third kappa shape index (κ3) is 3.95. The van der Waals surface area contributed by atoms with Crippen molar-refractivity contribution in [1.82, 2.24) is 9.80 Å². The van der Waals surface area contributed by atoms with Crippen LogP contribution in [0.15, 0.2) is 0 Å². The summed E-state index contributed by atoms with van der Waals surface area (Å²) in [6.07, 6.45) is 6.73. The maximum Gasteiger partial charge on any atom is 0.224 e. The summed E-state index contributed by atoms with van der Waals surface area (Å²) in [4.78, 5) is 17.0. The Hall–Kier alpha value is -0.610. The first-order chi connectivity index (χ1) is 9.61. The fourth-order valence-corrected chi connectivity index (χ4v) is 3.64. The second-order valence-corrected chi connectivity index (χ2v) is 6.76. The molecular formula is C16H31N3O. The predicted octanol–water partition coefficient (Wildman–Crippen LogP) is 1.84. The zero-order valence-electron chi connectivity index (χ0n) is 13.2. The normalized spacial score (nSPS) is 30.2. The monoisotopic (exact) mass is 281 g/mol. The number of rotatable bonds is 4. The lowest BCUT2D eigenvalue weighted by atomic mass is 9.92. The van der Waals surface area contributed by atoms with E-state index in [1.54, 1.807) is 0 Å². The lowest BCUT2D eigenvalue weighted by Gasteiger charge is -2.42. The van der Waals surface area contributed by atoms with Gasteiger partial charge in [-0.05, 0) is 44.9 Å². The number of nitrogens with two attached hydrogens (primary N) is 1. The van der Waals surface area contributed by atoms with Gasteiger partial charge in [0.05, 0.1) is 0 Å². The Labute approximate surface area is 123 Å². The van der Waals surface area contributed by atoms with E-state index in [4.69, 9.17) is 5.73 Å². The van der Waals surface area contributed by atoms with Gasteiger partial charge in [-0.3, -0.25) is 9.69 Å². The number of carbonyl (C=O) groups is 1. The molecule has 2 aliphatic rings. The zero-order chi connectivity index (χ0) is 14.5. The fraction of sp³-hybridized carbons (Fsp3) is 0.938. The van der Waals surface area contributed by atoms with Crippen LogP contribution in [0.2, 0.25) is 0 Å². The highest BCUT2D eigenvalue weighted by molar-refractivity contribution is 5.77. The molecule has 0 aromatic heterocycles. The van der Waals surface area contributed by atoms with Crippen LogP contribution in [0.1, 0.15) is 52.4 Å². The molecule has 0 radical (unpaired) electrons. The van der Waals surface area contributed by atoms with E-state index in [9.17, 15) is 4.79 Å². The van der Waals surface area contributed by atoms with Gasteiger partial charge in [0.25, 0.3) is 0 Å². The fourth-order valence-electron chi connectivity index (χ4n) is 3.64. The molecule has 2 saturated heterocycles. The number of carbonyl (C=O) groups excluding carboxylic acids is 1. The van der Waals surface area contributed by atoms with Crippen molar-refractivity contribution < 1.29 is 4.79 Å². The molecule has 2 fully saturated rings. The molecule has 2 N–H and O–H groups in total. The minimum absolute atomic E-state index is 0.224. The van der Waals surface area contributed by atoms with Crippen molar-refractivity contribution in [3.8, 4) is 0 Å². The summed E-state index contributed by atoms with van der Waals surface area (Å²) in [5.41, 5.74) is 5.98. The number of piperidine rings is 2. The summed E-state index contributed by atoms with van der Waals surface area (Å²) in [5, 5.41) is 0. The Balaban J connectivity index is 1.91. The molecule has 2 aliphatic heterocycles. The minimum atomic E-state index is 0.224. The first-order valence-electron chi connectivity index (χ1n) is 8.35. The first-order valence-corrected chi connectivity index (χ1v) is 8.35. The SMILES string of the molecule is CC1CCC(C)N(C(CN)CC(=O)N2CCCCC2)C1. The summed E-state index contributed by atoms with van der Waals surface area (Å²) in [6, 6.07) is 0.788. The predicted molar refractivity (Wildman–Crippen MR) is 82.5 cm³/mol. The summed E-state index contributed by atoms with van der Waals surface area (Å²) in [6.45, 7) is 8.16. The van der Waals surface area contributed by atoms with Crippen molar-refractivity contribution in [1.29, 1.82) is 0 Å². The van der Waals surface area contributed by atoms with E-state index in [0.29, 0.717) is 24.9 Å². The van der Waals surface area contributed by atoms with Crippen molar-refractivity contribution in [2.45, 2.75) is 64.5 Å². The van der Waals surface area contributed by atoms with Crippen LogP contribution < -0.4 is 5.73 Å². The largest absolute Gasteiger partial charge is 0.343 e. The van der Waals surface area contributed by atoms with Gasteiger partial charge in [0.15, 0.2) is 0 Å². The number of hydrogen-bond acceptors (Lipinski definition) is 3. The lowest BCUT2D eigenvalue weighted by Crippen LogP contribution is -2.52. The van der Waals surface area contributed by atoms with Crippen LogP contribution in [0.5, 0.6) is 0 Å². The summed E-state index contributed by atoms with van der Waals surface area (Å²) in [5.74, 6) is 1.04. The zero-order valence-corrected chi connectivity index (χ0v) is 13.2. The third-order valence-electron chi connectivity index (χ3n) is 5.03. The molecule has 0 aliphatic carbocycles. The molecule has 0 spiro atoms. The third-order valence-corrected chi connectivity index (χ3v) is 5.03. The molecule has 20 heavy (non-hydrogen) atoms. The Bertz CT molecular complexity index is 315. The first kappa shape index (κ1) is 15.8. The van der Waals surface area contributed by atoms with Gasteiger partial charge in [-0.2, -0.15) is 0 Å². The maximum atomic E-state index is 12.4. The van der Waals surface area contributed by atoms with Crippen molar-refractivity contribution in [2.75, 3.05) is 26.2 Å². The van der Waals surface area contributed by atoms with Crippen LogP contribution in [0.3, 0.4) is 0 Å². The van der Waals surface area contributed by atoms with Gasteiger partial charge in [-0.25, -0.2) is 0 Å². The molecule has 1 amide bonds. The van der Waals surface area contributed by atoms with Crippen LogP contribution in [-0.2, 0) is 4.79 Å². The Kier molecular flexibility index (Phi) is 5.85. The molecule has 0 aromatic carbocycles. The smallest absolute Gasteiger partial charge is 0.224 e. The molecule has 2 heterocycles. The molecule has 0 bridgehead atoms. The van der Waals surface area contributed by atoms with E-state index in [0.717, 1.165) is 38.4 Å². The Morgan fingerprint density at radius 2 is 1.90 bits per heavy atom. The summed E-state index contributed by atoms with van der Waals surface area (Å²) < 4.78 is 0. The highest BCUT2D eigenvalue weighted by Crippen LogP contribution is 2.24. The number of nitrogens with zero attached hydrogens (tertiary/aromatic N) is 2. The van der Waals surface area contributed by atoms with Crippen LogP contribution in [0.25, 0.3) is 0 Å². The second kappa shape index (κ2) is 7.41. The van der Waals surface area contributed by atoms with E-state index < -0.39 is 0 Å². The molecule has 4 heteroatoms. The quantitative estimate of drug-likeness (QED) is 0.855. The van der Waals surface area contributed by atoms with Gasteiger partial charge in [0.2, 0.25) is 5.91 Å². The van der Waals surface area contributed by atoms with E-state index in [2.05, 4.69) is 18.7 Å². The van der Waals surface area contributed by atoms with Gasteiger partial charge >= 0.3 is 0 Å². The molecule has 116 valence electrons. The average Bonchev–Trinajstić information content (AvgIpc) is 2.48. The average molecular weight is 281 g/mol. The van der Waals surface area contributed by atoms with Gasteiger partial charge < -0.3 is 10.6 Å². The molecular weight excluding hydrogens is 250 g/mol. The minimum Gasteiger partial charge on any atom is -0.343 e. The summed E-state index contributed by atoms with van der Waals surface area (Å²) >= 11 is 0. The van der Waals surface area contributed by atoms with Gasteiger partial charge in [-0.15, -0.1) is 0 Å². The molecule has 2 rings (SSSR count). The van der Waals surface area contributed by atoms with Gasteiger partial charge in [0.1, 0.15) is 0 Å². The van der Waals surface area contributed by atoms with Gasteiger partial charge in [-0.1, -0.05) is 6.92 Å². The van der Waals surface area contributed by atoms with Crippen molar-refractivity contribution in [3.63, 3.8) is 0 Å². The highest BCUT2D eigenvalue weighted by atomic mass is 16.2. The van der Waals surface area contributed by atoms with E-state index in [1.165, 1.54) is 19.3 Å². The van der Waals surface area contributed by atoms with E-state index in [1.807, 2.05) is 4.90 Å². The molecule has 3 atom stereocenters. The maximum absolute atomic E-state index is 12.4. The standard InChI is InChI=1S/C16H31N3O/c1-13-6-7-14(2)19(12-13)15(11-17)10-16(20)18-8-4-3-5-9-18/h13-15H,3-12,17H2,1-2H3. The molecule has 3 unspecified atom stereocenters. The van der Waals surface area contributed by atoms with Crippen LogP contribution in [0, 0.1) is 5.92 Å². The van der Waals surface area contributed by atoms with E-state index in [-0.39, 0.29) is 6.04 Å². The van der Waals surface area contributed by atoms with Crippen LogP contribution in [0.4, 0.5) is 0 Å². The van der Waals surface area contributed by atoms with Crippen LogP contribution >= 0.6 is 0 Å². The number of amides is 1. The van der Waals surface area contributed by atoms with Crippen molar-refractivity contribution in [2.24, 2.45) is 11.7 Å². The highest BCUT2D eigenvalue weighted by Gasteiger charge is 2.30. The molecule has 0 saturated carbocycles. The molecule has 0 aromatic rings. The Morgan fingerprint density at radius 1 is 1.20 bits per heavy atom.